The monoisotopic (exact) mass is 393 g/mol. The summed E-state index contributed by atoms with van der Waals surface area (Å²) in [5.41, 5.74) is 2.61. The maximum Gasteiger partial charge on any atom is 0.174 e. The first kappa shape index (κ1) is 15.3. The van der Waals surface area contributed by atoms with Gasteiger partial charge >= 0.3 is 0 Å². The lowest BCUT2D eigenvalue weighted by atomic mass is 10.1. The van der Waals surface area contributed by atoms with E-state index in [-0.39, 0.29) is 0 Å². The maximum absolute atomic E-state index is 6.10. The predicted octanol–water partition coefficient (Wildman–Crippen LogP) is 5.90. The molecule has 110 valence electrons. The van der Waals surface area contributed by atoms with E-state index in [9.17, 15) is 0 Å². The van der Waals surface area contributed by atoms with Crippen LogP contribution in [-0.2, 0) is 0 Å². The highest BCUT2D eigenvalue weighted by atomic mass is 79.9. The molecular weight excluding hydrogens is 385 g/mol. The van der Waals surface area contributed by atoms with Crippen molar-refractivity contribution in [2.45, 2.75) is 0 Å². The number of rotatable bonds is 3. The molecule has 0 bridgehead atoms. The first-order chi connectivity index (χ1) is 10.6. The Morgan fingerprint density at radius 2 is 1.73 bits per heavy atom. The Kier molecular flexibility index (Phi) is 4.62. The van der Waals surface area contributed by atoms with Crippen LogP contribution in [0.3, 0.4) is 0 Å². The smallest absolute Gasteiger partial charge is 0.174 e. The quantitative estimate of drug-likeness (QED) is 0.552. The molecule has 0 radical (unpaired) electrons. The summed E-state index contributed by atoms with van der Waals surface area (Å²) < 4.78 is 1.03. The van der Waals surface area contributed by atoms with E-state index in [4.69, 9.17) is 23.2 Å². The van der Waals surface area contributed by atoms with Crippen LogP contribution in [-0.4, -0.2) is 16.4 Å². The maximum atomic E-state index is 6.10. The molecule has 3 aromatic rings. The summed E-state index contributed by atoms with van der Waals surface area (Å²) >= 11 is 15.6. The van der Waals surface area contributed by atoms with Gasteiger partial charge in [0.2, 0.25) is 0 Å². The highest BCUT2D eigenvalue weighted by Crippen LogP contribution is 2.25. The third-order valence-electron chi connectivity index (χ3n) is 3.05. The summed E-state index contributed by atoms with van der Waals surface area (Å²) in [6.07, 6.45) is 1.62. The van der Waals surface area contributed by atoms with Crippen molar-refractivity contribution in [3.8, 4) is 11.3 Å². The van der Waals surface area contributed by atoms with Gasteiger partial charge in [0.05, 0.1) is 15.7 Å². The van der Waals surface area contributed by atoms with Crippen molar-refractivity contribution in [3.63, 3.8) is 0 Å². The van der Waals surface area contributed by atoms with Gasteiger partial charge in [-0.1, -0.05) is 57.3 Å². The molecule has 0 amide bonds. The number of aromatic nitrogens is 2. The lowest BCUT2D eigenvalue weighted by Gasteiger charge is -1.99. The molecule has 6 heteroatoms. The van der Waals surface area contributed by atoms with Gasteiger partial charge in [-0.2, -0.15) is 5.10 Å². The number of benzene rings is 2. The third-order valence-corrected chi connectivity index (χ3v) is 4.23. The van der Waals surface area contributed by atoms with Crippen LogP contribution in [0, 0.1) is 0 Å². The number of hydrogen-bond donors (Lipinski definition) is 1. The predicted molar refractivity (Wildman–Crippen MR) is 95.4 cm³/mol. The zero-order valence-electron chi connectivity index (χ0n) is 11.2. The molecule has 3 nitrogen and oxygen atoms in total. The van der Waals surface area contributed by atoms with Crippen molar-refractivity contribution in [2.75, 3.05) is 0 Å². The average molecular weight is 395 g/mol. The molecule has 0 saturated carbocycles. The average Bonchev–Trinajstić information content (AvgIpc) is 2.96. The Balaban J connectivity index is 1.85. The SMILES string of the molecule is Clc1cccc(Cl)c1C=Nc1cc(-c2ccc(Br)cc2)[nH]n1. The second-order valence-electron chi connectivity index (χ2n) is 4.54. The summed E-state index contributed by atoms with van der Waals surface area (Å²) in [5, 5.41) is 8.24. The van der Waals surface area contributed by atoms with Gasteiger partial charge in [0.15, 0.2) is 5.82 Å². The molecule has 0 aliphatic rings. The standard InChI is InChI=1S/C16H10BrCl2N3/c17-11-6-4-10(5-7-11)15-8-16(22-21-15)20-9-12-13(18)2-1-3-14(12)19/h1-9H,(H,21,22). The van der Waals surface area contributed by atoms with E-state index in [0.717, 1.165) is 15.7 Å². The Morgan fingerprint density at radius 3 is 2.41 bits per heavy atom. The molecule has 22 heavy (non-hydrogen) atoms. The molecule has 3 rings (SSSR count). The zero-order chi connectivity index (χ0) is 15.5. The van der Waals surface area contributed by atoms with Gasteiger partial charge in [-0.15, -0.1) is 0 Å². The van der Waals surface area contributed by atoms with Crippen LogP contribution in [0.5, 0.6) is 0 Å². The molecule has 0 atom stereocenters. The molecule has 1 aromatic heterocycles. The van der Waals surface area contributed by atoms with Gasteiger partial charge in [-0.3, -0.25) is 5.10 Å². The van der Waals surface area contributed by atoms with E-state index in [1.165, 1.54) is 0 Å². The summed E-state index contributed by atoms with van der Waals surface area (Å²) in [7, 11) is 0. The van der Waals surface area contributed by atoms with Crippen LogP contribution in [0.25, 0.3) is 11.3 Å². The first-order valence-electron chi connectivity index (χ1n) is 6.43. The molecule has 0 fully saturated rings. The number of aromatic amines is 1. The zero-order valence-corrected chi connectivity index (χ0v) is 14.3. The van der Waals surface area contributed by atoms with Crippen molar-refractivity contribution in [1.29, 1.82) is 0 Å². The number of H-pyrrole nitrogens is 1. The Morgan fingerprint density at radius 1 is 1.05 bits per heavy atom. The lowest BCUT2D eigenvalue weighted by Crippen LogP contribution is -1.84. The van der Waals surface area contributed by atoms with Gasteiger partial charge in [0, 0.05) is 22.3 Å². The van der Waals surface area contributed by atoms with Gasteiger partial charge in [-0.25, -0.2) is 4.99 Å². The van der Waals surface area contributed by atoms with Crippen LogP contribution >= 0.6 is 39.1 Å². The summed E-state index contributed by atoms with van der Waals surface area (Å²) in [4.78, 5) is 4.32. The molecule has 0 spiro atoms. The van der Waals surface area contributed by atoms with Crippen molar-refractivity contribution in [2.24, 2.45) is 4.99 Å². The molecular formula is C16H10BrCl2N3. The van der Waals surface area contributed by atoms with E-state index in [0.29, 0.717) is 21.4 Å². The van der Waals surface area contributed by atoms with E-state index in [2.05, 4.69) is 31.1 Å². The van der Waals surface area contributed by atoms with E-state index in [1.54, 1.807) is 24.4 Å². The third kappa shape index (κ3) is 3.40. The normalized spacial score (nSPS) is 11.2. The van der Waals surface area contributed by atoms with Crippen LogP contribution in [0.2, 0.25) is 10.0 Å². The van der Waals surface area contributed by atoms with Crippen LogP contribution in [0.1, 0.15) is 5.56 Å². The van der Waals surface area contributed by atoms with Crippen molar-refractivity contribution < 1.29 is 0 Å². The fourth-order valence-corrected chi connectivity index (χ4v) is 2.68. The topological polar surface area (TPSA) is 41.0 Å². The van der Waals surface area contributed by atoms with Gasteiger partial charge in [0.25, 0.3) is 0 Å². The molecule has 0 aliphatic heterocycles. The highest BCUT2D eigenvalue weighted by Gasteiger charge is 2.05. The highest BCUT2D eigenvalue weighted by molar-refractivity contribution is 9.10. The second kappa shape index (κ2) is 6.65. The largest absolute Gasteiger partial charge is 0.276 e. The van der Waals surface area contributed by atoms with Gasteiger partial charge in [-0.05, 0) is 29.8 Å². The van der Waals surface area contributed by atoms with Crippen molar-refractivity contribution in [3.05, 3.63) is 68.6 Å². The molecule has 1 heterocycles. The Labute approximate surface area is 146 Å². The summed E-state index contributed by atoms with van der Waals surface area (Å²) in [6, 6.07) is 15.1. The van der Waals surface area contributed by atoms with Crippen LogP contribution < -0.4 is 0 Å². The van der Waals surface area contributed by atoms with Gasteiger partial charge < -0.3 is 0 Å². The molecule has 2 aromatic carbocycles. The minimum atomic E-state index is 0.555. The molecule has 1 N–H and O–H groups in total. The number of nitrogens with zero attached hydrogens (tertiary/aromatic N) is 2. The number of aliphatic imine (C=N–C) groups is 1. The molecule has 0 saturated heterocycles. The fraction of sp³-hybridized carbons (Fsp3) is 0. The van der Waals surface area contributed by atoms with Crippen molar-refractivity contribution >= 4 is 51.2 Å². The fourth-order valence-electron chi connectivity index (χ4n) is 1.92. The Bertz CT molecular complexity index is 805. The molecule has 0 aliphatic carbocycles. The minimum absolute atomic E-state index is 0.555. The Hall–Kier alpha value is -1.62. The minimum Gasteiger partial charge on any atom is -0.276 e. The molecule has 0 unspecified atom stereocenters. The van der Waals surface area contributed by atoms with E-state index >= 15 is 0 Å². The first-order valence-corrected chi connectivity index (χ1v) is 7.98. The van der Waals surface area contributed by atoms with Gasteiger partial charge in [0.1, 0.15) is 0 Å². The van der Waals surface area contributed by atoms with E-state index in [1.807, 2.05) is 30.3 Å². The van der Waals surface area contributed by atoms with Crippen LogP contribution in [0.15, 0.2) is 58.0 Å². The number of hydrogen-bond acceptors (Lipinski definition) is 2. The van der Waals surface area contributed by atoms with E-state index < -0.39 is 0 Å². The summed E-state index contributed by atoms with van der Waals surface area (Å²) in [6.45, 7) is 0. The summed E-state index contributed by atoms with van der Waals surface area (Å²) in [5.74, 6) is 0.564. The number of nitrogens with one attached hydrogen (secondary N) is 1. The number of halogens is 3. The second-order valence-corrected chi connectivity index (χ2v) is 6.27. The lowest BCUT2D eigenvalue weighted by molar-refractivity contribution is 1.09. The van der Waals surface area contributed by atoms with Crippen LogP contribution in [0.4, 0.5) is 5.82 Å². The van der Waals surface area contributed by atoms with Crippen molar-refractivity contribution in [1.82, 2.24) is 10.2 Å².